The molecule has 120 valence electrons. The summed E-state index contributed by atoms with van der Waals surface area (Å²) >= 11 is 0. The Morgan fingerprint density at radius 2 is 2.09 bits per heavy atom. The standard InChI is InChI=1S/C17H25N3O2/c1-14-12-15-4-2-3-5-16(15)20(14)13-17(21)18-6-7-19-8-10-22-11-9-19/h2-5,14H,6-13H2,1H3,(H,18,21). The third-order valence-corrected chi connectivity index (χ3v) is 4.52. The van der Waals surface area contributed by atoms with Crippen LogP contribution >= 0.6 is 0 Å². The first-order valence-corrected chi connectivity index (χ1v) is 8.15. The van der Waals surface area contributed by atoms with Gasteiger partial charge in [0.1, 0.15) is 0 Å². The zero-order valence-electron chi connectivity index (χ0n) is 13.3. The maximum atomic E-state index is 12.2. The van der Waals surface area contributed by atoms with E-state index in [2.05, 4.69) is 40.2 Å². The summed E-state index contributed by atoms with van der Waals surface area (Å²) in [5, 5.41) is 3.05. The van der Waals surface area contributed by atoms with Crippen LogP contribution in [0.1, 0.15) is 12.5 Å². The van der Waals surface area contributed by atoms with Gasteiger partial charge in [-0.15, -0.1) is 0 Å². The number of hydrogen-bond acceptors (Lipinski definition) is 4. The Bertz CT molecular complexity index is 514. The number of amides is 1. The summed E-state index contributed by atoms with van der Waals surface area (Å²) < 4.78 is 5.33. The maximum absolute atomic E-state index is 12.2. The molecule has 1 unspecified atom stereocenters. The lowest BCUT2D eigenvalue weighted by Crippen LogP contribution is -2.44. The lowest BCUT2D eigenvalue weighted by molar-refractivity contribution is -0.119. The number of hydrogen-bond donors (Lipinski definition) is 1. The van der Waals surface area contributed by atoms with E-state index in [1.807, 2.05) is 6.07 Å². The number of carbonyl (C=O) groups excluding carboxylic acids is 1. The quantitative estimate of drug-likeness (QED) is 0.877. The Morgan fingerprint density at radius 3 is 2.91 bits per heavy atom. The van der Waals surface area contributed by atoms with Crippen LogP contribution in [0.5, 0.6) is 0 Å². The zero-order valence-corrected chi connectivity index (χ0v) is 13.3. The molecule has 0 radical (unpaired) electrons. The van der Waals surface area contributed by atoms with Gasteiger partial charge in [-0.2, -0.15) is 0 Å². The van der Waals surface area contributed by atoms with Gasteiger partial charge in [-0.1, -0.05) is 18.2 Å². The van der Waals surface area contributed by atoms with E-state index in [4.69, 9.17) is 4.74 Å². The summed E-state index contributed by atoms with van der Waals surface area (Å²) in [4.78, 5) is 16.7. The second-order valence-electron chi connectivity index (χ2n) is 6.11. The predicted octanol–water partition coefficient (Wildman–Crippen LogP) is 0.886. The van der Waals surface area contributed by atoms with Gasteiger partial charge in [0.25, 0.3) is 0 Å². The fraction of sp³-hybridized carbons (Fsp3) is 0.588. The van der Waals surface area contributed by atoms with Crippen molar-refractivity contribution in [3.05, 3.63) is 29.8 Å². The van der Waals surface area contributed by atoms with E-state index in [0.29, 0.717) is 19.1 Å². The Labute approximate surface area is 132 Å². The molecule has 2 aliphatic heterocycles. The highest BCUT2D eigenvalue weighted by molar-refractivity contribution is 5.82. The van der Waals surface area contributed by atoms with Crippen LogP contribution in [0.25, 0.3) is 0 Å². The third-order valence-electron chi connectivity index (χ3n) is 4.52. The molecule has 1 N–H and O–H groups in total. The second-order valence-corrected chi connectivity index (χ2v) is 6.11. The lowest BCUT2D eigenvalue weighted by atomic mass is 10.1. The molecule has 1 fully saturated rings. The van der Waals surface area contributed by atoms with E-state index in [1.165, 1.54) is 11.3 Å². The summed E-state index contributed by atoms with van der Waals surface area (Å²) in [6, 6.07) is 8.77. The minimum atomic E-state index is 0.108. The summed E-state index contributed by atoms with van der Waals surface area (Å²) in [6.45, 7) is 7.77. The minimum Gasteiger partial charge on any atom is -0.379 e. The summed E-state index contributed by atoms with van der Waals surface area (Å²) in [5.41, 5.74) is 2.55. The molecule has 0 aliphatic carbocycles. The predicted molar refractivity (Wildman–Crippen MR) is 87.2 cm³/mol. The van der Waals surface area contributed by atoms with Gasteiger partial charge in [0.05, 0.1) is 19.8 Å². The van der Waals surface area contributed by atoms with E-state index in [0.717, 1.165) is 39.3 Å². The molecule has 2 aliphatic rings. The average molecular weight is 303 g/mol. The minimum absolute atomic E-state index is 0.108. The van der Waals surface area contributed by atoms with Crippen LogP contribution in [0.4, 0.5) is 5.69 Å². The number of morpholine rings is 1. The molecule has 5 heteroatoms. The van der Waals surface area contributed by atoms with E-state index >= 15 is 0 Å². The number of nitrogens with zero attached hydrogens (tertiary/aromatic N) is 2. The van der Waals surface area contributed by atoms with Crippen molar-refractivity contribution in [2.75, 3.05) is 50.8 Å². The van der Waals surface area contributed by atoms with Gasteiger partial charge in [0.15, 0.2) is 0 Å². The molecule has 1 aromatic rings. The van der Waals surface area contributed by atoms with Crippen molar-refractivity contribution in [2.24, 2.45) is 0 Å². The van der Waals surface area contributed by atoms with Crippen molar-refractivity contribution in [1.82, 2.24) is 10.2 Å². The summed E-state index contributed by atoms with van der Waals surface area (Å²) in [5.74, 6) is 0.108. The molecule has 2 heterocycles. The van der Waals surface area contributed by atoms with Gasteiger partial charge in [0, 0.05) is 37.9 Å². The SMILES string of the molecule is CC1Cc2ccccc2N1CC(=O)NCCN1CCOCC1. The number of rotatable bonds is 5. The van der Waals surface area contributed by atoms with E-state index in [9.17, 15) is 4.79 Å². The van der Waals surface area contributed by atoms with Crippen LogP contribution < -0.4 is 10.2 Å². The highest BCUT2D eigenvalue weighted by Crippen LogP contribution is 2.31. The van der Waals surface area contributed by atoms with Gasteiger partial charge in [-0.05, 0) is 25.0 Å². The number of anilines is 1. The number of fused-ring (bicyclic) bond motifs is 1. The number of ether oxygens (including phenoxy) is 1. The molecular formula is C17H25N3O2. The number of para-hydroxylation sites is 1. The van der Waals surface area contributed by atoms with Crippen LogP contribution in [0.3, 0.4) is 0 Å². The van der Waals surface area contributed by atoms with Crippen LogP contribution in [-0.2, 0) is 16.0 Å². The van der Waals surface area contributed by atoms with Crippen LogP contribution in [0.2, 0.25) is 0 Å². The first-order valence-electron chi connectivity index (χ1n) is 8.15. The Morgan fingerprint density at radius 1 is 1.32 bits per heavy atom. The van der Waals surface area contributed by atoms with Crippen molar-refractivity contribution in [1.29, 1.82) is 0 Å². The number of benzene rings is 1. The molecule has 3 rings (SSSR count). The van der Waals surface area contributed by atoms with Crippen LogP contribution in [0, 0.1) is 0 Å². The fourth-order valence-electron chi connectivity index (χ4n) is 3.26. The number of carbonyl (C=O) groups is 1. The van der Waals surface area contributed by atoms with Crippen molar-refractivity contribution < 1.29 is 9.53 Å². The van der Waals surface area contributed by atoms with Gasteiger partial charge < -0.3 is 15.0 Å². The average Bonchev–Trinajstić information content (AvgIpc) is 2.84. The highest BCUT2D eigenvalue weighted by Gasteiger charge is 2.26. The molecule has 1 amide bonds. The first kappa shape index (κ1) is 15.3. The van der Waals surface area contributed by atoms with E-state index < -0.39 is 0 Å². The Balaban J connectivity index is 1.45. The molecule has 0 saturated carbocycles. The monoisotopic (exact) mass is 303 g/mol. The van der Waals surface area contributed by atoms with Gasteiger partial charge >= 0.3 is 0 Å². The molecule has 1 atom stereocenters. The van der Waals surface area contributed by atoms with Crippen molar-refractivity contribution >= 4 is 11.6 Å². The highest BCUT2D eigenvalue weighted by atomic mass is 16.5. The Kier molecular flexibility index (Phi) is 4.95. The maximum Gasteiger partial charge on any atom is 0.239 e. The molecule has 22 heavy (non-hydrogen) atoms. The molecular weight excluding hydrogens is 278 g/mol. The zero-order chi connectivity index (χ0) is 15.4. The Hall–Kier alpha value is -1.59. The molecule has 0 spiro atoms. The van der Waals surface area contributed by atoms with E-state index in [-0.39, 0.29) is 5.91 Å². The van der Waals surface area contributed by atoms with Crippen LogP contribution in [0.15, 0.2) is 24.3 Å². The fourth-order valence-corrected chi connectivity index (χ4v) is 3.26. The van der Waals surface area contributed by atoms with Gasteiger partial charge in [0.2, 0.25) is 5.91 Å². The molecule has 1 aromatic carbocycles. The van der Waals surface area contributed by atoms with Gasteiger partial charge in [-0.3, -0.25) is 9.69 Å². The van der Waals surface area contributed by atoms with E-state index in [1.54, 1.807) is 0 Å². The summed E-state index contributed by atoms with van der Waals surface area (Å²) in [7, 11) is 0. The van der Waals surface area contributed by atoms with Gasteiger partial charge in [-0.25, -0.2) is 0 Å². The molecule has 0 bridgehead atoms. The second kappa shape index (κ2) is 7.11. The topological polar surface area (TPSA) is 44.8 Å². The number of nitrogens with one attached hydrogen (secondary N) is 1. The third kappa shape index (κ3) is 3.59. The molecule has 5 nitrogen and oxygen atoms in total. The smallest absolute Gasteiger partial charge is 0.239 e. The normalized spacial score (nSPS) is 21.7. The van der Waals surface area contributed by atoms with Crippen molar-refractivity contribution in [2.45, 2.75) is 19.4 Å². The van der Waals surface area contributed by atoms with Crippen molar-refractivity contribution in [3.63, 3.8) is 0 Å². The first-order chi connectivity index (χ1) is 10.7. The molecule has 1 saturated heterocycles. The lowest BCUT2D eigenvalue weighted by Gasteiger charge is -2.27. The summed E-state index contributed by atoms with van der Waals surface area (Å²) in [6.07, 6.45) is 1.03. The largest absolute Gasteiger partial charge is 0.379 e. The van der Waals surface area contributed by atoms with Crippen molar-refractivity contribution in [3.8, 4) is 0 Å². The van der Waals surface area contributed by atoms with Crippen LogP contribution in [-0.4, -0.2) is 62.8 Å². The molecule has 0 aromatic heterocycles.